The molecular weight excluding hydrogens is 298 g/mol. The summed E-state index contributed by atoms with van der Waals surface area (Å²) in [6, 6.07) is 7.00. The van der Waals surface area contributed by atoms with Crippen molar-refractivity contribution in [1.82, 2.24) is 0 Å². The minimum Gasteiger partial charge on any atom is -0.494 e. The number of hydrogen-bond acceptors (Lipinski definition) is 7. The number of nitriles is 3. The van der Waals surface area contributed by atoms with Gasteiger partial charge in [-0.05, 0) is 6.07 Å². The third-order valence-electron chi connectivity index (χ3n) is 2.31. The van der Waals surface area contributed by atoms with Crippen molar-refractivity contribution in [2.45, 2.75) is 0 Å². The fraction of sp³-hybridized carbons (Fsp3) is 0.0833. The van der Waals surface area contributed by atoms with E-state index in [-0.39, 0.29) is 27.8 Å². The van der Waals surface area contributed by atoms with Gasteiger partial charge >= 0.3 is 0 Å². The maximum absolute atomic E-state index is 10.8. The Bertz CT molecular complexity index is 736. The van der Waals surface area contributed by atoms with Gasteiger partial charge in [0.05, 0.1) is 23.8 Å². The van der Waals surface area contributed by atoms with E-state index in [0.717, 1.165) is 6.07 Å². The van der Waals surface area contributed by atoms with Crippen LogP contribution in [0.3, 0.4) is 0 Å². The van der Waals surface area contributed by atoms with Crippen LogP contribution >= 0.6 is 11.6 Å². The Balaban J connectivity index is 3.40. The van der Waals surface area contributed by atoms with Gasteiger partial charge < -0.3 is 10.1 Å². The highest BCUT2D eigenvalue weighted by molar-refractivity contribution is 6.33. The number of rotatable bonds is 4. The zero-order valence-electron chi connectivity index (χ0n) is 10.5. The number of allylic oxidation sites excluding steroid dienone is 2. The highest BCUT2D eigenvalue weighted by Gasteiger charge is 2.19. The van der Waals surface area contributed by atoms with E-state index in [9.17, 15) is 10.1 Å². The van der Waals surface area contributed by atoms with E-state index in [1.807, 2.05) is 0 Å². The molecule has 0 aliphatic carbocycles. The summed E-state index contributed by atoms with van der Waals surface area (Å²) < 4.78 is 4.96. The van der Waals surface area contributed by atoms with Gasteiger partial charge in [-0.25, -0.2) is 0 Å². The molecule has 1 aromatic rings. The van der Waals surface area contributed by atoms with Crippen molar-refractivity contribution < 1.29 is 9.66 Å². The number of hydrogen-bond donors (Lipinski definition) is 1. The quantitative estimate of drug-likeness (QED) is 0.512. The smallest absolute Gasteiger partial charge is 0.291 e. The van der Waals surface area contributed by atoms with Gasteiger partial charge in [-0.2, -0.15) is 15.8 Å². The summed E-state index contributed by atoms with van der Waals surface area (Å²) in [5, 5.41) is 39.5. The number of anilines is 1. The summed E-state index contributed by atoms with van der Waals surface area (Å²) in [4.78, 5) is 10.1. The third-order valence-corrected chi connectivity index (χ3v) is 2.61. The van der Waals surface area contributed by atoms with Gasteiger partial charge in [-0.1, -0.05) is 11.6 Å². The lowest BCUT2D eigenvalue weighted by Gasteiger charge is -2.10. The summed E-state index contributed by atoms with van der Waals surface area (Å²) in [6.45, 7) is 0. The first-order valence-electron chi connectivity index (χ1n) is 5.22. The normalized spacial score (nSPS) is 8.71. The first-order chi connectivity index (χ1) is 9.98. The molecule has 8 nitrogen and oxygen atoms in total. The van der Waals surface area contributed by atoms with Gasteiger partial charge in [-0.3, -0.25) is 10.1 Å². The van der Waals surface area contributed by atoms with E-state index < -0.39 is 10.5 Å². The Morgan fingerprint density at radius 1 is 1.33 bits per heavy atom. The molecule has 9 heteroatoms. The lowest BCUT2D eigenvalue weighted by molar-refractivity contribution is -0.384. The molecule has 0 saturated carbocycles. The van der Waals surface area contributed by atoms with Crippen LogP contribution in [0.4, 0.5) is 11.4 Å². The van der Waals surface area contributed by atoms with Crippen molar-refractivity contribution in [3.8, 4) is 24.0 Å². The number of ether oxygens (including phenoxy) is 1. The van der Waals surface area contributed by atoms with E-state index in [0.29, 0.717) is 0 Å². The fourth-order valence-corrected chi connectivity index (χ4v) is 1.60. The number of nitrogens with zero attached hydrogens (tertiary/aromatic N) is 4. The monoisotopic (exact) mass is 303 g/mol. The molecule has 0 aliphatic heterocycles. The Kier molecular flexibility index (Phi) is 5.08. The predicted octanol–water partition coefficient (Wildman–Crippen LogP) is 2.49. The van der Waals surface area contributed by atoms with Crippen LogP contribution in [0.2, 0.25) is 5.02 Å². The Morgan fingerprint density at radius 3 is 2.38 bits per heavy atom. The summed E-state index contributed by atoms with van der Waals surface area (Å²) in [7, 11) is 1.27. The maximum atomic E-state index is 10.8. The van der Waals surface area contributed by atoms with Crippen LogP contribution in [0, 0.1) is 44.1 Å². The molecular formula is C12H6ClN5O3. The molecule has 0 spiro atoms. The average Bonchev–Trinajstić information content (AvgIpc) is 2.47. The van der Waals surface area contributed by atoms with Crippen LogP contribution < -0.4 is 10.1 Å². The van der Waals surface area contributed by atoms with E-state index >= 15 is 0 Å². The minimum atomic E-state index is -0.689. The molecule has 0 aromatic heterocycles. The Labute approximate surface area is 124 Å². The number of nitrogens with one attached hydrogen (secondary N) is 1. The Morgan fingerprint density at radius 2 is 1.95 bits per heavy atom. The Hall–Kier alpha value is -3.28. The van der Waals surface area contributed by atoms with Crippen molar-refractivity contribution in [2.24, 2.45) is 0 Å². The highest BCUT2D eigenvalue weighted by Crippen LogP contribution is 2.36. The third kappa shape index (κ3) is 3.38. The highest BCUT2D eigenvalue weighted by atomic mass is 35.5. The molecule has 0 amide bonds. The van der Waals surface area contributed by atoms with Crippen molar-refractivity contribution in [3.05, 3.63) is 38.5 Å². The molecule has 0 saturated heterocycles. The van der Waals surface area contributed by atoms with Gasteiger partial charge in [0.25, 0.3) is 5.69 Å². The van der Waals surface area contributed by atoms with Crippen LogP contribution in [0.15, 0.2) is 23.4 Å². The standard InChI is InChI=1S/C12H6ClN5O3/c1-21-12-3-11(18(19)20)8(13)2-9(12)17-10(6-16)7(4-14)5-15/h2-3,17H,1H3. The van der Waals surface area contributed by atoms with Gasteiger partial charge in [-0.15, -0.1) is 0 Å². The van der Waals surface area contributed by atoms with Crippen LogP contribution in [-0.2, 0) is 0 Å². The van der Waals surface area contributed by atoms with Gasteiger partial charge in [0, 0.05) is 0 Å². The molecule has 0 heterocycles. The van der Waals surface area contributed by atoms with Crippen molar-refractivity contribution >= 4 is 23.0 Å². The van der Waals surface area contributed by atoms with Crippen LogP contribution in [0.5, 0.6) is 5.75 Å². The second-order valence-corrected chi connectivity index (χ2v) is 3.88. The lowest BCUT2D eigenvalue weighted by Crippen LogP contribution is -2.03. The van der Waals surface area contributed by atoms with E-state index in [2.05, 4.69) is 5.32 Å². The molecule has 104 valence electrons. The van der Waals surface area contributed by atoms with E-state index in [1.54, 1.807) is 18.2 Å². The summed E-state index contributed by atoms with van der Waals surface area (Å²) in [5.41, 5.74) is -1.01. The summed E-state index contributed by atoms with van der Waals surface area (Å²) in [5.74, 6) is 0.0362. The zero-order chi connectivity index (χ0) is 16.0. The first kappa shape index (κ1) is 15.8. The second-order valence-electron chi connectivity index (χ2n) is 3.47. The SMILES string of the molecule is COc1cc([N+](=O)[O-])c(Cl)cc1NC(C#N)=C(C#N)C#N. The number of nitro benzene ring substituents is 1. The van der Waals surface area contributed by atoms with Gasteiger partial charge in [0.2, 0.25) is 0 Å². The topological polar surface area (TPSA) is 136 Å². The molecule has 1 N–H and O–H groups in total. The summed E-state index contributed by atoms with van der Waals surface area (Å²) in [6.07, 6.45) is 0. The number of benzene rings is 1. The van der Waals surface area contributed by atoms with E-state index in [1.165, 1.54) is 13.2 Å². The van der Waals surface area contributed by atoms with Crippen LogP contribution in [-0.4, -0.2) is 12.0 Å². The predicted molar refractivity (Wildman–Crippen MR) is 72.1 cm³/mol. The number of nitro groups is 1. The van der Waals surface area contributed by atoms with Crippen molar-refractivity contribution in [3.63, 3.8) is 0 Å². The average molecular weight is 304 g/mol. The molecule has 0 atom stereocenters. The van der Waals surface area contributed by atoms with Gasteiger partial charge in [0.15, 0.2) is 5.57 Å². The molecule has 1 rings (SSSR count). The lowest BCUT2D eigenvalue weighted by atomic mass is 10.2. The molecule has 0 aliphatic rings. The molecule has 0 fully saturated rings. The van der Waals surface area contributed by atoms with Crippen LogP contribution in [0.1, 0.15) is 0 Å². The molecule has 21 heavy (non-hydrogen) atoms. The van der Waals surface area contributed by atoms with Gasteiger partial charge in [0.1, 0.15) is 34.7 Å². The fourth-order valence-electron chi connectivity index (χ4n) is 1.37. The van der Waals surface area contributed by atoms with Crippen molar-refractivity contribution in [1.29, 1.82) is 15.8 Å². The zero-order valence-corrected chi connectivity index (χ0v) is 11.3. The largest absolute Gasteiger partial charge is 0.494 e. The number of halogens is 1. The maximum Gasteiger partial charge on any atom is 0.291 e. The van der Waals surface area contributed by atoms with E-state index in [4.69, 9.17) is 32.1 Å². The molecule has 0 unspecified atom stereocenters. The molecule has 0 bridgehead atoms. The first-order valence-corrected chi connectivity index (χ1v) is 5.59. The second kappa shape index (κ2) is 6.76. The van der Waals surface area contributed by atoms with Crippen molar-refractivity contribution in [2.75, 3.05) is 12.4 Å². The number of methoxy groups -OCH3 is 1. The van der Waals surface area contributed by atoms with Crippen LogP contribution in [0.25, 0.3) is 0 Å². The minimum absolute atomic E-state index is 0.0362. The molecule has 1 aromatic carbocycles. The molecule has 0 radical (unpaired) electrons. The summed E-state index contributed by atoms with van der Waals surface area (Å²) >= 11 is 5.76.